The van der Waals surface area contributed by atoms with Gasteiger partial charge in [-0.15, -0.1) is 0 Å². The van der Waals surface area contributed by atoms with E-state index in [4.69, 9.17) is 4.74 Å². The summed E-state index contributed by atoms with van der Waals surface area (Å²) < 4.78 is 30.4. The summed E-state index contributed by atoms with van der Waals surface area (Å²) in [6, 6.07) is 6.85. The van der Waals surface area contributed by atoms with Gasteiger partial charge in [0.05, 0.1) is 19.1 Å². The van der Waals surface area contributed by atoms with Gasteiger partial charge >= 0.3 is 0 Å². The molecule has 24 heavy (non-hydrogen) atoms. The molecular weight excluding hydrogens is 328 g/mol. The van der Waals surface area contributed by atoms with Crippen molar-refractivity contribution in [1.82, 2.24) is 5.32 Å². The fourth-order valence-electron chi connectivity index (χ4n) is 3.95. The Kier molecular flexibility index (Phi) is 4.71. The van der Waals surface area contributed by atoms with Crippen molar-refractivity contribution in [2.75, 3.05) is 24.2 Å². The standard InChI is InChI=1S/C17H24N2O4S/c1-23-15-7-5-14(6-8-15)19(24(2,21)22)11-17(20)18-16-10-12-3-4-13(16)9-12/h5-8,12-13,16H,3-4,9-11H2,1-2H3,(H,18,20)/t12-,13+,16+/m1/s1. The minimum absolute atomic E-state index is 0.195. The van der Waals surface area contributed by atoms with Crippen LogP contribution in [0.3, 0.4) is 0 Å². The predicted octanol–water partition coefficient (Wildman–Crippen LogP) is 1.77. The third-order valence-electron chi connectivity index (χ3n) is 5.13. The average molecular weight is 352 g/mol. The topological polar surface area (TPSA) is 75.7 Å². The van der Waals surface area contributed by atoms with Gasteiger partial charge in [-0.05, 0) is 55.4 Å². The molecule has 2 fully saturated rings. The first-order valence-corrected chi connectivity index (χ1v) is 10.1. The fraction of sp³-hybridized carbons (Fsp3) is 0.588. The molecule has 1 N–H and O–H groups in total. The molecule has 0 unspecified atom stereocenters. The van der Waals surface area contributed by atoms with E-state index in [0.29, 0.717) is 17.4 Å². The van der Waals surface area contributed by atoms with Crippen molar-refractivity contribution in [2.45, 2.75) is 31.7 Å². The second-order valence-electron chi connectivity index (χ2n) is 6.82. The maximum Gasteiger partial charge on any atom is 0.241 e. The van der Waals surface area contributed by atoms with E-state index in [-0.39, 0.29) is 18.5 Å². The number of anilines is 1. The van der Waals surface area contributed by atoms with Crippen LogP contribution >= 0.6 is 0 Å². The van der Waals surface area contributed by atoms with Gasteiger partial charge in [-0.25, -0.2) is 8.42 Å². The van der Waals surface area contributed by atoms with Crippen molar-refractivity contribution in [3.8, 4) is 5.75 Å². The number of ether oxygens (including phenoxy) is 1. The number of rotatable bonds is 6. The minimum atomic E-state index is -3.54. The molecule has 2 aliphatic rings. The third-order valence-corrected chi connectivity index (χ3v) is 6.27. The van der Waals surface area contributed by atoms with Crippen LogP contribution in [0.15, 0.2) is 24.3 Å². The van der Waals surface area contributed by atoms with Gasteiger partial charge in [-0.2, -0.15) is 0 Å². The molecule has 0 spiro atoms. The van der Waals surface area contributed by atoms with Crippen molar-refractivity contribution in [3.05, 3.63) is 24.3 Å². The van der Waals surface area contributed by atoms with E-state index < -0.39 is 10.0 Å². The Morgan fingerprint density at radius 2 is 1.96 bits per heavy atom. The number of hydrogen-bond donors (Lipinski definition) is 1. The SMILES string of the molecule is COc1ccc(N(CC(=O)N[C@H]2C[C@@H]3CC[C@H]2C3)S(C)(=O)=O)cc1. The molecule has 1 aromatic carbocycles. The van der Waals surface area contributed by atoms with Crippen LogP contribution in [0.1, 0.15) is 25.7 Å². The summed E-state index contributed by atoms with van der Waals surface area (Å²) >= 11 is 0. The number of nitrogens with zero attached hydrogens (tertiary/aromatic N) is 1. The van der Waals surface area contributed by atoms with Gasteiger partial charge < -0.3 is 10.1 Å². The monoisotopic (exact) mass is 352 g/mol. The number of fused-ring (bicyclic) bond motifs is 2. The number of carbonyl (C=O) groups is 1. The largest absolute Gasteiger partial charge is 0.497 e. The van der Waals surface area contributed by atoms with Crippen LogP contribution in [-0.4, -0.2) is 40.3 Å². The molecule has 2 bridgehead atoms. The van der Waals surface area contributed by atoms with Gasteiger partial charge in [0.2, 0.25) is 15.9 Å². The molecule has 7 heteroatoms. The van der Waals surface area contributed by atoms with Gasteiger partial charge in [0, 0.05) is 6.04 Å². The lowest BCUT2D eigenvalue weighted by Gasteiger charge is -2.26. The zero-order valence-corrected chi connectivity index (χ0v) is 14.9. The Morgan fingerprint density at radius 3 is 2.46 bits per heavy atom. The second-order valence-corrected chi connectivity index (χ2v) is 8.72. The van der Waals surface area contributed by atoms with Gasteiger partial charge in [0.25, 0.3) is 0 Å². The van der Waals surface area contributed by atoms with Crippen LogP contribution in [0.2, 0.25) is 0 Å². The van der Waals surface area contributed by atoms with Crippen molar-refractivity contribution in [1.29, 1.82) is 0 Å². The highest BCUT2D eigenvalue weighted by atomic mass is 32.2. The van der Waals surface area contributed by atoms with Crippen molar-refractivity contribution in [2.24, 2.45) is 11.8 Å². The molecule has 1 aromatic rings. The Labute approximate surface area is 143 Å². The smallest absolute Gasteiger partial charge is 0.241 e. The lowest BCUT2D eigenvalue weighted by atomic mass is 9.95. The van der Waals surface area contributed by atoms with Crippen molar-refractivity contribution in [3.63, 3.8) is 0 Å². The van der Waals surface area contributed by atoms with E-state index in [2.05, 4.69) is 5.32 Å². The molecule has 0 heterocycles. The molecule has 3 rings (SSSR count). The Hall–Kier alpha value is -1.76. The summed E-state index contributed by atoms with van der Waals surface area (Å²) in [4.78, 5) is 12.4. The first-order valence-electron chi connectivity index (χ1n) is 8.28. The van der Waals surface area contributed by atoms with E-state index in [1.54, 1.807) is 31.4 Å². The zero-order valence-electron chi connectivity index (χ0n) is 14.1. The second kappa shape index (κ2) is 6.63. The molecule has 3 atom stereocenters. The van der Waals surface area contributed by atoms with Crippen LogP contribution < -0.4 is 14.4 Å². The molecule has 0 aliphatic heterocycles. The number of nitrogens with one attached hydrogen (secondary N) is 1. The molecule has 0 radical (unpaired) electrons. The van der Waals surface area contributed by atoms with E-state index in [1.807, 2.05) is 0 Å². The number of carbonyl (C=O) groups excluding carboxylic acids is 1. The predicted molar refractivity (Wildman–Crippen MR) is 92.6 cm³/mol. The molecule has 6 nitrogen and oxygen atoms in total. The van der Waals surface area contributed by atoms with E-state index in [0.717, 1.165) is 22.9 Å². The molecule has 0 saturated heterocycles. The first-order chi connectivity index (χ1) is 11.4. The van der Waals surface area contributed by atoms with Crippen LogP contribution in [0.4, 0.5) is 5.69 Å². The van der Waals surface area contributed by atoms with Gasteiger partial charge in [-0.3, -0.25) is 9.10 Å². The zero-order chi connectivity index (χ0) is 17.3. The lowest BCUT2D eigenvalue weighted by Crippen LogP contribution is -2.45. The van der Waals surface area contributed by atoms with Crippen LogP contribution in [0, 0.1) is 11.8 Å². The molecule has 2 aliphatic carbocycles. The summed E-state index contributed by atoms with van der Waals surface area (Å²) in [5.74, 6) is 1.69. The average Bonchev–Trinajstić information content (AvgIpc) is 3.14. The number of sulfonamides is 1. The van der Waals surface area contributed by atoms with Crippen molar-refractivity contribution < 1.29 is 17.9 Å². The highest BCUT2D eigenvalue weighted by Crippen LogP contribution is 2.44. The van der Waals surface area contributed by atoms with Gasteiger partial charge in [0.15, 0.2) is 0 Å². The van der Waals surface area contributed by atoms with Crippen LogP contribution in [0.5, 0.6) is 5.75 Å². The summed E-state index contributed by atoms with van der Waals surface area (Å²) in [5, 5.41) is 3.04. The maximum absolute atomic E-state index is 12.4. The molecule has 132 valence electrons. The molecule has 1 amide bonds. The fourth-order valence-corrected chi connectivity index (χ4v) is 4.81. The summed E-state index contributed by atoms with van der Waals surface area (Å²) in [6.07, 6.45) is 5.77. The quantitative estimate of drug-likeness (QED) is 0.846. The maximum atomic E-state index is 12.4. The van der Waals surface area contributed by atoms with E-state index in [9.17, 15) is 13.2 Å². The Balaban J connectivity index is 1.68. The highest BCUT2D eigenvalue weighted by Gasteiger charge is 2.40. The normalized spacial score (nSPS) is 25.5. The minimum Gasteiger partial charge on any atom is -0.497 e. The summed E-state index contributed by atoms with van der Waals surface area (Å²) in [5.41, 5.74) is 0.460. The van der Waals surface area contributed by atoms with E-state index in [1.165, 1.54) is 19.3 Å². The summed E-state index contributed by atoms with van der Waals surface area (Å²) in [6.45, 7) is -0.195. The van der Waals surface area contributed by atoms with Crippen molar-refractivity contribution >= 4 is 21.6 Å². The first kappa shape index (κ1) is 17.1. The third kappa shape index (κ3) is 3.66. The molecular formula is C17H24N2O4S. The number of hydrogen-bond acceptors (Lipinski definition) is 4. The van der Waals surface area contributed by atoms with Gasteiger partial charge in [0.1, 0.15) is 12.3 Å². The summed E-state index contributed by atoms with van der Waals surface area (Å²) in [7, 11) is -2.00. The molecule has 0 aromatic heterocycles. The molecule has 2 saturated carbocycles. The number of amides is 1. The number of benzene rings is 1. The highest BCUT2D eigenvalue weighted by molar-refractivity contribution is 7.92. The lowest BCUT2D eigenvalue weighted by molar-refractivity contribution is -0.120. The van der Waals surface area contributed by atoms with E-state index >= 15 is 0 Å². The Morgan fingerprint density at radius 1 is 1.25 bits per heavy atom. The number of methoxy groups -OCH3 is 1. The van der Waals surface area contributed by atoms with Crippen LogP contribution in [0.25, 0.3) is 0 Å². The van der Waals surface area contributed by atoms with Crippen LogP contribution in [-0.2, 0) is 14.8 Å². The van der Waals surface area contributed by atoms with Gasteiger partial charge in [-0.1, -0.05) is 6.42 Å². The Bertz CT molecular complexity index is 702.